The molecule has 0 radical (unpaired) electrons. The van der Waals surface area contributed by atoms with Crippen LogP contribution in [-0.4, -0.2) is 66.8 Å². The van der Waals surface area contributed by atoms with E-state index in [1.807, 2.05) is 10.5 Å². The molecule has 10 heteroatoms. The van der Waals surface area contributed by atoms with Crippen LogP contribution in [0.1, 0.15) is 5.69 Å². The lowest BCUT2D eigenvalue weighted by Gasteiger charge is -2.36. The van der Waals surface area contributed by atoms with Crippen LogP contribution in [0.4, 0.5) is 5.82 Å². The summed E-state index contributed by atoms with van der Waals surface area (Å²) < 4.78 is 3.13. The molecule has 3 aromatic rings. The van der Waals surface area contributed by atoms with E-state index in [9.17, 15) is 9.59 Å². The van der Waals surface area contributed by atoms with Crippen molar-refractivity contribution in [2.24, 2.45) is 0 Å². The highest BCUT2D eigenvalue weighted by Gasteiger charge is 2.19. The van der Waals surface area contributed by atoms with Crippen LogP contribution in [0.25, 0.3) is 5.78 Å². The van der Waals surface area contributed by atoms with Gasteiger partial charge in [0.2, 0.25) is 0 Å². The molecule has 0 unspecified atom stereocenters. The molecule has 0 aromatic carbocycles. The van der Waals surface area contributed by atoms with Crippen LogP contribution < -0.4 is 16.1 Å². The van der Waals surface area contributed by atoms with Gasteiger partial charge in [0.25, 0.3) is 11.3 Å². The Balaban J connectivity index is 1.39. The number of nitrogens with zero attached hydrogens (tertiary/aromatic N) is 7. The molecule has 1 aliphatic heterocycles. The number of aromatic nitrogens is 6. The highest BCUT2D eigenvalue weighted by atomic mass is 16.2. The number of fused-ring (bicyclic) bond motifs is 1. The minimum atomic E-state index is -0.347. The zero-order valence-electron chi connectivity index (χ0n) is 14.5. The smallest absolute Gasteiger partial charge is 0.328 e. The van der Waals surface area contributed by atoms with Crippen molar-refractivity contribution in [2.75, 3.05) is 37.6 Å². The number of aromatic amines is 1. The molecular formula is C16H20N8O2. The number of hydrogen-bond donors (Lipinski definition) is 1. The van der Waals surface area contributed by atoms with Crippen LogP contribution in [0.5, 0.6) is 0 Å². The normalized spacial score (nSPS) is 15.7. The SMILES string of the molecule is Cc1cc(=O)n(CCN2CCN(c3ccnc4nncn34)CC2)c(=O)[nH]1. The van der Waals surface area contributed by atoms with E-state index in [2.05, 4.69) is 30.0 Å². The molecule has 1 N–H and O–H groups in total. The summed E-state index contributed by atoms with van der Waals surface area (Å²) in [6, 6.07) is 3.41. The molecule has 4 heterocycles. The van der Waals surface area contributed by atoms with Gasteiger partial charge in [-0.25, -0.2) is 9.78 Å². The molecule has 3 aromatic heterocycles. The molecule has 1 saturated heterocycles. The van der Waals surface area contributed by atoms with Gasteiger partial charge in [-0.1, -0.05) is 0 Å². The molecule has 0 saturated carbocycles. The Morgan fingerprint density at radius 3 is 2.73 bits per heavy atom. The van der Waals surface area contributed by atoms with E-state index in [1.165, 1.54) is 10.6 Å². The zero-order valence-corrected chi connectivity index (χ0v) is 14.5. The largest absolute Gasteiger partial charge is 0.355 e. The highest BCUT2D eigenvalue weighted by molar-refractivity contribution is 5.46. The fourth-order valence-corrected chi connectivity index (χ4v) is 3.28. The van der Waals surface area contributed by atoms with E-state index >= 15 is 0 Å². The lowest BCUT2D eigenvalue weighted by atomic mass is 10.3. The molecule has 4 rings (SSSR count). The first-order valence-corrected chi connectivity index (χ1v) is 8.54. The first kappa shape index (κ1) is 16.5. The summed E-state index contributed by atoms with van der Waals surface area (Å²) in [5.74, 6) is 1.61. The average Bonchev–Trinajstić information content (AvgIpc) is 3.10. The maximum absolute atomic E-state index is 12.0. The molecule has 26 heavy (non-hydrogen) atoms. The summed E-state index contributed by atoms with van der Waals surface area (Å²) in [5, 5.41) is 7.88. The standard InChI is InChI=1S/C16H20N8O2/c1-12-10-14(25)23(16(26)19-12)9-6-21-4-7-22(8-5-21)13-2-3-17-15-20-18-11-24(13)15/h2-3,10-11H,4-9H2,1H3,(H,19,26). The second-order valence-corrected chi connectivity index (χ2v) is 6.38. The topological polar surface area (TPSA) is 104 Å². The second-order valence-electron chi connectivity index (χ2n) is 6.38. The zero-order chi connectivity index (χ0) is 18.1. The van der Waals surface area contributed by atoms with Crippen LogP contribution in [0, 0.1) is 6.92 Å². The van der Waals surface area contributed by atoms with Crippen molar-refractivity contribution >= 4 is 11.6 Å². The predicted octanol–water partition coefficient (Wildman–Crippen LogP) is -0.895. The lowest BCUT2D eigenvalue weighted by Crippen LogP contribution is -2.49. The third kappa shape index (κ3) is 3.10. The van der Waals surface area contributed by atoms with E-state index in [-0.39, 0.29) is 11.2 Å². The van der Waals surface area contributed by atoms with Gasteiger partial charge in [0, 0.05) is 57.2 Å². The minimum Gasteiger partial charge on any atom is -0.355 e. The van der Waals surface area contributed by atoms with E-state index < -0.39 is 0 Å². The molecule has 0 spiro atoms. The highest BCUT2D eigenvalue weighted by Crippen LogP contribution is 2.16. The van der Waals surface area contributed by atoms with E-state index in [0.29, 0.717) is 24.6 Å². The van der Waals surface area contributed by atoms with Gasteiger partial charge >= 0.3 is 5.69 Å². The van der Waals surface area contributed by atoms with Gasteiger partial charge < -0.3 is 9.88 Å². The van der Waals surface area contributed by atoms with Gasteiger partial charge in [-0.15, -0.1) is 10.2 Å². The van der Waals surface area contributed by atoms with E-state index in [4.69, 9.17) is 0 Å². The summed E-state index contributed by atoms with van der Waals surface area (Å²) in [6.07, 6.45) is 3.40. The first-order chi connectivity index (χ1) is 12.6. The van der Waals surface area contributed by atoms with Crippen LogP contribution in [0.2, 0.25) is 0 Å². The van der Waals surface area contributed by atoms with Gasteiger partial charge in [0.05, 0.1) is 0 Å². The Hall–Kier alpha value is -3.01. The average molecular weight is 356 g/mol. The first-order valence-electron chi connectivity index (χ1n) is 8.54. The number of H-pyrrole nitrogens is 1. The number of nitrogens with one attached hydrogen (secondary N) is 1. The lowest BCUT2D eigenvalue weighted by molar-refractivity contribution is 0.245. The molecule has 0 atom stereocenters. The van der Waals surface area contributed by atoms with Crippen LogP contribution in [0.15, 0.2) is 34.2 Å². The van der Waals surface area contributed by atoms with Crippen molar-refractivity contribution in [1.29, 1.82) is 0 Å². The fourth-order valence-electron chi connectivity index (χ4n) is 3.28. The third-order valence-corrected chi connectivity index (χ3v) is 4.68. The number of aryl methyl sites for hydroxylation is 1. The Labute approximate surface area is 148 Å². The van der Waals surface area contributed by atoms with Gasteiger partial charge in [-0.2, -0.15) is 0 Å². The Bertz CT molecular complexity index is 997. The van der Waals surface area contributed by atoms with Crippen LogP contribution in [-0.2, 0) is 6.54 Å². The molecule has 0 amide bonds. The van der Waals surface area contributed by atoms with Crippen LogP contribution >= 0.6 is 0 Å². The van der Waals surface area contributed by atoms with Gasteiger partial charge in [0.1, 0.15) is 12.1 Å². The van der Waals surface area contributed by atoms with Crippen LogP contribution in [0.3, 0.4) is 0 Å². The van der Waals surface area contributed by atoms with E-state index in [1.54, 1.807) is 19.4 Å². The van der Waals surface area contributed by atoms with E-state index in [0.717, 1.165) is 32.0 Å². The Morgan fingerprint density at radius 2 is 1.96 bits per heavy atom. The fraction of sp³-hybridized carbons (Fsp3) is 0.438. The summed E-state index contributed by atoms with van der Waals surface area (Å²) >= 11 is 0. The molecule has 0 aliphatic carbocycles. The van der Waals surface area contributed by atoms with Crippen molar-refractivity contribution < 1.29 is 0 Å². The Morgan fingerprint density at radius 1 is 1.15 bits per heavy atom. The maximum atomic E-state index is 12.0. The summed E-state index contributed by atoms with van der Waals surface area (Å²) in [5.41, 5.74) is -0.0142. The number of hydrogen-bond acceptors (Lipinski definition) is 7. The number of rotatable bonds is 4. The molecular weight excluding hydrogens is 336 g/mol. The molecule has 0 bridgehead atoms. The van der Waals surface area contributed by atoms with Gasteiger partial charge in [0.15, 0.2) is 0 Å². The Kier molecular flexibility index (Phi) is 4.25. The molecule has 1 fully saturated rings. The minimum absolute atomic E-state index is 0.253. The summed E-state index contributed by atoms with van der Waals surface area (Å²) in [7, 11) is 0. The third-order valence-electron chi connectivity index (χ3n) is 4.68. The quantitative estimate of drug-likeness (QED) is 0.646. The molecule has 1 aliphatic rings. The maximum Gasteiger partial charge on any atom is 0.328 e. The van der Waals surface area contributed by atoms with Gasteiger partial charge in [-0.05, 0) is 13.0 Å². The van der Waals surface area contributed by atoms with Crippen molar-refractivity contribution in [1.82, 2.24) is 34.0 Å². The molecule has 136 valence electrons. The second kappa shape index (κ2) is 6.71. The molecule has 10 nitrogen and oxygen atoms in total. The summed E-state index contributed by atoms with van der Waals surface area (Å²) in [4.78, 5) is 35.3. The van der Waals surface area contributed by atoms with Crippen molar-refractivity contribution in [3.8, 4) is 0 Å². The number of anilines is 1. The van der Waals surface area contributed by atoms with Crippen molar-refractivity contribution in [3.63, 3.8) is 0 Å². The summed E-state index contributed by atoms with van der Waals surface area (Å²) in [6.45, 7) is 6.15. The van der Waals surface area contributed by atoms with Gasteiger partial charge in [-0.3, -0.25) is 18.7 Å². The predicted molar refractivity (Wildman–Crippen MR) is 95.5 cm³/mol. The van der Waals surface area contributed by atoms with Crippen molar-refractivity contribution in [3.05, 3.63) is 51.2 Å². The monoisotopic (exact) mass is 356 g/mol. The van der Waals surface area contributed by atoms with Crippen molar-refractivity contribution in [2.45, 2.75) is 13.5 Å². The number of piperazine rings is 1.